The molecule has 9 heteroatoms. The molecular formula is C19H16ClN3O4S. The van der Waals surface area contributed by atoms with Crippen molar-refractivity contribution in [3.05, 3.63) is 59.6 Å². The van der Waals surface area contributed by atoms with Crippen LogP contribution in [0.1, 0.15) is 0 Å². The van der Waals surface area contributed by atoms with Crippen molar-refractivity contribution < 1.29 is 19.1 Å². The van der Waals surface area contributed by atoms with E-state index < -0.39 is 6.09 Å². The van der Waals surface area contributed by atoms with Crippen molar-refractivity contribution in [2.45, 2.75) is 0 Å². The number of ether oxygens (including phenoxy) is 2. The zero-order chi connectivity index (χ0) is 19.9. The fourth-order valence-corrected chi connectivity index (χ4v) is 3.25. The molecule has 2 N–H and O–H groups in total. The monoisotopic (exact) mass is 417 g/mol. The third-order valence-corrected chi connectivity index (χ3v) is 4.64. The van der Waals surface area contributed by atoms with Gasteiger partial charge in [0.1, 0.15) is 16.4 Å². The molecule has 28 heavy (non-hydrogen) atoms. The minimum atomic E-state index is -0.641. The van der Waals surface area contributed by atoms with Gasteiger partial charge in [0.2, 0.25) is 0 Å². The lowest BCUT2D eigenvalue weighted by Crippen LogP contribution is -2.19. The first kappa shape index (κ1) is 19.7. The SMILES string of the molecule is COC(=O)Nc1nc(-c2ccccc2)c(NC(=O)COc2ccc(Cl)cc2)s1. The van der Waals surface area contributed by atoms with Gasteiger partial charge in [-0.25, -0.2) is 9.78 Å². The van der Waals surface area contributed by atoms with Crippen LogP contribution < -0.4 is 15.4 Å². The van der Waals surface area contributed by atoms with Crippen LogP contribution in [0.5, 0.6) is 5.75 Å². The van der Waals surface area contributed by atoms with Gasteiger partial charge in [0.15, 0.2) is 11.7 Å². The van der Waals surface area contributed by atoms with Gasteiger partial charge in [-0.2, -0.15) is 0 Å². The maximum Gasteiger partial charge on any atom is 0.413 e. The second-order valence-corrected chi connectivity index (χ2v) is 6.91. The lowest BCUT2D eigenvalue weighted by Gasteiger charge is -2.07. The van der Waals surface area contributed by atoms with Gasteiger partial charge in [-0.1, -0.05) is 53.3 Å². The molecule has 2 aromatic carbocycles. The predicted molar refractivity (Wildman–Crippen MR) is 109 cm³/mol. The van der Waals surface area contributed by atoms with Crippen molar-refractivity contribution >= 4 is 45.1 Å². The number of amides is 2. The van der Waals surface area contributed by atoms with Gasteiger partial charge in [0.05, 0.1) is 7.11 Å². The number of carbonyl (C=O) groups excluding carboxylic acids is 2. The summed E-state index contributed by atoms with van der Waals surface area (Å²) in [6, 6.07) is 16.0. The molecule has 0 aliphatic rings. The van der Waals surface area contributed by atoms with Crippen LogP contribution in [0.25, 0.3) is 11.3 Å². The van der Waals surface area contributed by atoms with Crippen molar-refractivity contribution in [2.75, 3.05) is 24.4 Å². The Bertz CT molecular complexity index is 961. The maximum absolute atomic E-state index is 12.3. The highest BCUT2D eigenvalue weighted by atomic mass is 35.5. The highest BCUT2D eigenvalue weighted by Crippen LogP contribution is 2.35. The number of halogens is 1. The summed E-state index contributed by atoms with van der Waals surface area (Å²) in [4.78, 5) is 28.2. The van der Waals surface area contributed by atoms with E-state index in [2.05, 4.69) is 20.4 Å². The Morgan fingerprint density at radius 1 is 1.07 bits per heavy atom. The second kappa shape index (κ2) is 9.20. The van der Waals surface area contributed by atoms with Crippen molar-refractivity contribution in [2.24, 2.45) is 0 Å². The van der Waals surface area contributed by atoms with Crippen LogP contribution in [0.15, 0.2) is 54.6 Å². The number of carbonyl (C=O) groups is 2. The summed E-state index contributed by atoms with van der Waals surface area (Å²) in [6.45, 7) is -0.187. The van der Waals surface area contributed by atoms with Crippen LogP contribution in [-0.2, 0) is 9.53 Å². The number of hydrogen-bond acceptors (Lipinski definition) is 6. The van der Waals surface area contributed by atoms with Gasteiger partial charge in [0.25, 0.3) is 5.91 Å². The molecule has 0 aliphatic carbocycles. The quantitative estimate of drug-likeness (QED) is 0.608. The van der Waals surface area contributed by atoms with E-state index in [-0.39, 0.29) is 12.5 Å². The Kier molecular flexibility index (Phi) is 6.46. The fourth-order valence-electron chi connectivity index (χ4n) is 2.23. The summed E-state index contributed by atoms with van der Waals surface area (Å²) in [5, 5.41) is 6.66. The van der Waals surface area contributed by atoms with Crippen LogP contribution in [-0.4, -0.2) is 30.7 Å². The maximum atomic E-state index is 12.3. The molecule has 144 valence electrons. The van der Waals surface area contributed by atoms with Crippen LogP contribution in [0, 0.1) is 0 Å². The molecule has 2 amide bonds. The van der Waals surface area contributed by atoms with E-state index in [1.54, 1.807) is 24.3 Å². The average Bonchev–Trinajstić information content (AvgIpc) is 3.10. The van der Waals surface area contributed by atoms with Crippen LogP contribution >= 0.6 is 22.9 Å². The predicted octanol–water partition coefficient (Wildman–Crippen LogP) is 4.66. The summed E-state index contributed by atoms with van der Waals surface area (Å²) in [5.41, 5.74) is 1.34. The highest BCUT2D eigenvalue weighted by Gasteiger charge is 2.17. The first-order valence-electron chi connectivity index (χ1n) is 8.14. The van der Waals surface area contributed by atoms with E-state index in [1.807, 2.05) is 30.3 Å². The van der Waals surface area contributed by atoms with E-state index in [0.29, 0.717) is 26.6 Å². The van der Waals surface area contributed by atoms with Crippen molar-refractivity contribution in [1.82, 2.24) is 4.98 Å². The van der Waals surface area contributed by atoms with E-state index in [9.17, 15) is 9.59 Å². The number of anilines is 2. The lowest BCUT2D eigenvalue weighted by atomic mass is 10.2. The molecule has 0 bridgehead atoms. The molecule has 1 heterocycles. The number of hydrogen-bond donors (Lipinski definition) is 2. The minimum absolute atomic E-state index is 0.187. The van der Waals surface area contributed by atoms with E-state index >= 15 is 0 Å². The van der Waals surface area contributed by atoms with E-state index in [0.717, 1.165) is 16.9 Å². The molecule has 0 fully saturated rings. The smallest absolute Gasteiger partial charge is 0.413 e. The topological polar surface area (TPSA) is 89.5 Å². The number of methoxy groups -OCH3 is 1. The number of nitrogens with zero attached hydrogens (tertiary/aromatic N) is 1. The summed E-state index contributed by atoms with van der Waals surface area (Å²) < 4.78 is 10.0. The summed E-state index contributed by atoms with van der Waals surface area (Å²) in [7, 11) is 1.26. The molecular weight excluding hydrogens is 402 g/mol. The third-order valence-electron chi connectivity index (χ3n) is 3.51. The first-order valence-corrected chi connectivity index (χ1v) is 9.34. The largest absolute Gasteiger partial charge is 0.484 e. The molecule has 1 aromatic heterocycles. The Morgan fingerprint density at radius 2 is 1.79 bits per heavy atom. The second-order valence-electron chi connectivity index (χ2n) is 5.47. The Hall–Kier alpha value is -3.10. The molecule has 0 saturated carbocycles. The third kappa shape index (κ3) is 5.21. The van der Waals surface area contributed by atoms with Gasteiger partial charge in [-0.3, -0.25) is 10.1 Å². The molecule has 0 atom stereocenters. The van der Waals surface area contributed by atoms with Gasteiger partial charge < -0.3 is 14.8 Å². The zero-order valence-corrected chi connectivity index (χ0v) is 16.3. The van der Waals surface area contributed by atoms with Gasteiger partial charge >= 0.3 is 6.09 Å². The van der Waals surface area contributed by atoms with Crippen molar-refractivity contribution in [1.29, 1.82) is 0 Å². The summed E-state index contributed by atoms with van der Waals surface area (Å²) >= 11 is 6.95. The number of nitrogens with one attached hydrogen (secondary N) is 2. The first-order chi connectivity index (χ1) is 13.5. The zero-order valence-electron chi connectivity index (χ0n) is 14.8. The number of aromatic nitrogens is 1. The Labute approximate surface area is 170 Å². The fraction of sp³-hybridized carbons (Fsp3) is 0.105. The molecule has 3 aromatic rings. The number of rotatable bonds is 6. The number of benzene rings is 2. The van der Waals surface area contributed by atoms with Crippen LogP contribution in [0.2, 0.25) is 5.02 Å². The van der Waals surface area contributed by atoms with Gasteiger partial charge in [-0.05, 0) is 24.3 Å². The summed E-state index contributed by atoms with van der Waals surface area (Å²) in [5.74, 6) is 0.167. The van der Waals surface area contributed by atoms with Crippen molar-refractivity contribution in [3.8, 4) is 17.0 Å². The van der Waals surface area contributed by atoms with Crippen LogP contribution in [0.4, 0.5) is 14.9 Å². The van der Waals surface area contributed by atoms with E-state index in [4.69, 9.17) is 16.3 Å². The summed E-state index contributed by atoms with van der Waals surface area (Å²) in [6.07, 6.45) is -0.641. The lowest BCUT2D eigenvalue weighted by molar-refractivity contribution is -0.118. The van der Waals surface area contributed by atoms with Crippen LogP contribution in [0.3, 0.4) is 0 Å². The van der Waals surface area contributed by atoms with Gasteiger partial charge in [0, 0.05) is 10.6 Å². The molecule has 0 radical (unpaired) electrons. The highest BCUT2D eigenvalue weighted by molar-refractivity contribution is 7.20. The molecule has 7 nitrogen and oxygen atoms in total. The number of thiazole rings is 1. The van der Waals surface area contributed by atoms with Gasteiger partial charge in [-0.15, -0.1) is 0 Å². The average molecular weight is 418 g/mol. The molecule has 0 aliphatic heterocycles. The Morgan fingerprint density at radius 3 is 2.46 bits per heavy atom. The molecule has 0 spiro atoms. The minimum Gasteiger partial charge on any atom is -0.484 e. The standard InChI is InChI=1S/C19H16ClN3O4S/c1-26-19(25)23-18-22-16(12-5-3-2-4-6-12)17(28-18)21-15(24)11-27-14-9-7-13(20)8-10-14/h2-10H,11H2,1H3,(H,21,24)(H,22,23,25). The molecule has 0 unspecified atom stereocenters. The normalized spacial score (nSPS) is 10.2. The van der Waals surface area contributed by atoms with Crippen molar-refractivity contribution in [3.63, 3.8) is 0 Å². The Balaban J connectivity index is 1.74. The molecule has 0 saturated heterocycles. The van der Waals surface area contributed by atoms with E-state index in [1.165, 1.54) is 7.11 Å². The molecule has 3 rings (SSSR count).